The van der Waals surface area contributed by atoms with E-state index < -0.39 is 0 Å². The lowest BCUT2D eigenvalue weighted by Crippen LogP contribution is -1.97. The Morgan fingerprint density at radius 2 is 1.83 bits per heavy atom. The van der Waals surface area contributed by atoms with Crippen molar-refractivity contribution in [3.63, 3.8) is 0 Å². The van der Waals surface area contributed by atoms with Gasteiger partial charge in [0.1, 0.15) is 17.3 Å². The molecule has 0 radical (unpaired) electrons. The van der Waals surface area contributed by atoms with Crippen LogP contribution in [0.5, 0.6) is 5.75 Å². The normalized spacial score (nSPS) is 10.8. The van der Waals surface area contributed by atoms with E-state index >= 15 is 0 Å². The molecule has 0 fully saturated rings. The Kier molecular flexibility index (Phi) is 3.16. The van der Waals surface area contributed by atoms with E-state index in [1.807, 2.05) is 53.1 Å². The number of aromatic hydroxyl groups is 1. The van der Waals surface area contributed by atoms with Crippen LogP contribution in [0.15, 0.2) is 73.1 Å². The van der Waals surface area contributed by atoms with Crippen LogP contribution in [0.3, 0.4) is 0 Å². The highest BCUT2D eigenvalue weighted by atomic mass is 16.3. The zero-order chi connectivity index (χ0) is 15.6. The molecule has 5 heteroatoms. The molecule has 0 saturated carbocycles. The third kappa shape index (κ3) is 2.48. The molecule has 5 nitrogen and oxygen atoms in total. The summed E-state index contributed by atoms with van der Waals surface area (Å²) in [5.74, 6) is 1.62. The monoisotopic (exact) mass is 302 g/mol. The average molecular weight is 302 g/mol. The van der Waals surface area contributed by atoms with Gasteiger partial charge >= 0.3 is 0 Å². The van der Waals surface area contributed by atoms with E-state index in [4.69, 9.17) is 0 Å². The molecule has 2 heterocycles. The van der Waals surface area contributed by atoms with Gasteiger partial charge in [0.05, 0.1) is 0 Å². The number of nitrogens with one attached hydrogen (secondary N) is 1. The molecule has 0 aliphatic rings. The van der Waals surface area contributed by atoms with Crippen LogP contribution in [-0.2, 0) is 0 Å². The number of para-hydroxylation sites is 1. The number of imidazole rings is 1. The van der Waals surface area contributed by atoms with Gasteiger partial charge in [0.25, 0.3) is 0 Å². The maximum Gasteiger partial charge on any atom is 0.235 e. The van der Waals surface area contributed by atoms with Gasteiger partial charge in [-0.3, -0.25) is 4.40 Å². The van der Waals surface area contributed by atoms with Gasteiger partial charge in [0.2, 0.25) is 5.78 Å². The van der Waals surface area contributed by atoms with Gasteiger partial charge in [-0.15, -0.1) is 0 Å². The molecule has 0 atom stereocenters. The van der Waals surface area contributed by atoms with Crippen molar-refractivity contribution in [2.75, 3.05) is 5.32 Å². The topological polar surface area (TPSA) is 62.5 Å². The Bertz CT molecular complexity index is 963. The number of benzene rings is 2. The van der Waals surface area contributed by atoms with Crippen LogP contribution in [0, 0.1) is 0 Å². The first-order valence-corrected chi connectivity index (χ1v) is 7.26. The van der Waals surface area contributed by atoms with Crippen LogP contribution < -0.4 is 5.32 Å². The molecule has 0 bridgehead atoms. The molecule has 0 spiro atoms. The van der Waals surface area contributed by atoms with E-state index in [1.165, 1.54) is 0 Å². The largest absolute Gasteiger partial charge is 0.508 e. The van der Waals surface area contributed by atoms with Gasteiger partial charge in [0, 0.05) is 23.6 Å². The number of phenols is 1. The van der Waals surface area contributed by atoms with Crippen molar-refractivity contribution in [3.8, 4) is 17.0 Å². The van der Waals surface area contributed by atoms with E-state index in [9.17, 15) is 5.11 Å². The molecule has 0 saturated heterocycles. The SMILES string of the molecule is Oc1cccc(-c2nc3ncccn3c2Nc2ccccc2)c1. The number of phenolic OH excluding ortho intramolecular Hbond substituents is 1. The van der Waals surface area contributed by atoms with Gasteiger partial charge in [-0.25, -0.2) is 9.97 Å². The molecule has 0 unspecified atom stereocenters. The summed E-state index contributed by atoms with van der Waals surface area (Å²) in [5, 5.41) is 13.2. The molecule has 2 N–H and O–H groups in total. The number of anilines is 2. The number of fused-ring (bicyclic) bond motifs is 1. The second-order valence-electron chi connectivity index (χ2n) is 5.14. The van der Waals surface area contributed by atoms with E-state index in [1.54, 1.807) is 24.4 Å². The number of rotatable bonds is 3. The highest BCUT2D eigenvalue weighted by molar-refractivity contribution is 5.79. The Hall–Kier alpha value is -3.34. The number of hydrogen-bond acceptors (Lipinski definition) is 4. The summed E-state index contributed by atoms with van der Waals surface area (Å²) < 4.78 is 1.90. The minimum atomic E-state index is 0.207. The zero-order valence-corrected chi connectivity index (χ0v) is 12.2. The smallest absolute Gasteiger partial charge is 0.235 e. The molecule has 4 aromatic rings. The first-order chi connectivity index (χ1) is 11.3. The number of aromatic nitrogens is 3. The Balaban J connectivity index is 1.91. The predicted octanol–water partition coefficient (Wildman–Crippen LogP) is 3.85. The van der Waals surface area contributed by atoms with E-state index in [0.29, 0.717) is 5.78 Å². The molecule has 2 aromatic carbocycles. The van der Waals surface area contributed by atoms with Crippen LogP contribution in [0.1, 0.15) is 0 Å². The molecule has 0 amide bonds. The zero-order valence-electron chi connectivity index (χ0n) is 12.2. The van der Waals surface area contributed by atoms with Gasteiger partial charge < -0.3 is 10.4 Å². The van der Waals surface area contributed by atoms with Crippen molar-refractivity contribution in [1.29, 1.82) is 0 Å². The first kappa shape index (κ1) is 13.3. The third-order valence-corrected chi connectivity index (χ3v) is 3.56. The van der Waals surface area contributed by atoms with Crippen molar-refractivity contribution in [2.24, 2.45) is 0 Å². The van der Waals surface area contributed by atoms with Crippen LogP contribution in [-0.4, -0.2) is 19.5 Å². The van der Waals surface area contributed by atoms with Gasteiger partial charge in [-0.05, 0) is 30.3 Å². The molecule has 4 rings (SSSR count). The second-order valence-corrected chi connectivity index (χ2v) is 5.14. The second kappa shape index (κ2) is 5.46. The minimum absolute atomic E-state index is 0.207. The number of hydrogen-bond donors (Lipinski definition) is 2. The van der Waals surface area contributed by atoms with Crippen LogP contribution in [0.2, 0.25) is 0 Å². The van der Waals surface area contributed by atoms with Gasteiger partial charge in [-0.2, -0.15) is 0 Å². The standard InChI is InChI=1S/C18H14N4O/c23-15-9-4-6-13(12-15)16-17(20-14-7-2-1-3-8-14)22-11-5-10-19-18(22)21-16/h1-12,20,23H. The van der Waals surface area contributed by atoms with Crippen molar-refractivity contribution < 1.29 is 5.11 Å². The maximum absolute atomic E-state index is 9.76. The Labute approximate surface area is 132 Å². The van der Waals surface area contributed by atoms with Gasteiger partial charge in [-0.1, -0.05) is 30.3 Å². The Morgan fingerprint density at radius 1 is 0.957 bits per heavy atom. The lowest BCUT2D eigenvalue weighted by molar-refractivity contribution is 0.475. The quantitative estimate of drug-likeness (QED) is 0.603. The third-order valence-electron chi connectivity index (χ3n) is 3.56. The average Bonchev–Trinajstić information content (AvgIpc) is 2.95. The first-order valence-electron chi connectivity index (χ1n) is 7.26. The summed E-state index contributed by atoms with van der Waals surface area (Å²) in [6, 6.07) is 18.8. The summed E-state index contributed by atoms with van der Waals surface area (Å²) in [6.07, 6.45) is 3.62. The van der Waals surface area contributed by atoms with Crippen LogP contribution >= 0.6 is 0 Å². The number of nitrogens with zero attached hydrogens (tertiary/aromatic N) is 3. The molecular weight excluding hydrogens is 288 g/mol. The van der Waals surface area contributed by atoms with E-state index in [2.05, 4.69) is 15.3 Å². The van der Waals surface area contributed by atoms with Crippen molar-refractivity contribution >= 4 is 17.3 Å². The lowest BCUT2D eigenvalue weighted by Gasteiger charge is -2.08. The van der Waals surface area contributed by atoms with Crippen LogP contribution in [0.4, 0.5) is 11.5 Å². The Morgan fingerprint density at radius 3 is 2.65 bits per heavy atom. The van der Waals surface area contributed by atoms with E-state index in [0.717, 1.165) is 22.8 Å². The molecule has 2 aromatic heterocycles. The van der Waals surface area contributed by atoms with Crippen LogP contribution in [0.25, 0.3) is 17.0 Å². The van der Waals surface area contributed by atoms with Crippen molar-refractivity contribution in [3.05, 3.63) is 73.1 Å². The summed E-state index contributed by atoms with van der Waals surface area (Å²) in [4.78, 5) is 8.90. The molecular formula is C18H14N4O. The minimum Gasteiger partial charge on any atom is -0.508 e. The summed E-state index contributed by atoms with van der Waals surface area (Å²) in [5.41, 5.74) is 2.52. The summed E-state index contributed by atoms with van der Waals surface area (Å²) >= 11 is 0. The van der Waals surface area contributed by atoms with Gasteiger partial charge in [0.15, 0.2) is 0 Å². The molecule has 0 aliphatic heterocycles. The highest BCUT2D eigenvalue weighted by Gasteiger charge is 2.15. The van der Waals surface area contributed by atoms with E-state index in [-0.39, 0.29) is 5.75 Å². The lowest BCUT2D eigenvalue weighted by atomic mass is 10.1. The fourth-order valence-corrected chi connectivity index (χ4v) is 2.52. The van der Waals surface area contributed by atoms with Crippen molar-refractivity contribution in [2.45, 2.75) is 0 Å². The molecule has 23 heavy (non-hydrogen) atoms. The highest BCUT2D eigenvalue weighted by Crippen LogP contribution is 2.31. The summed E-state index contributed by atoms with van der Waals surface area (Å²) in [6.45, 7) is 0. The fraction of sp³-hybridized carbons (Fsp3) is 0. The molecule has 112 valence electrons. The predicted molar refractivity (Wildman–Crippen MR) is 89.8 cm³/mol. The molecule has 0 aliphatic carbocycles. The maximum atomic E-state index is 9.76. The fourth-order valence-electron chi connectivity index (χ4n) is 2.52. The van der Waals surface area contributed by atoms with Crippen molar-refractivity contribution in [1.82, 2.24) is 14.4 Å². The summed E-state index contributed by atoms with van der Waals surface area (Å²) in [7, 11) is 0.